The molecule has 0 N–H and O–H groups in total. The Morgan fingerprint density at radius 2 is 1.00 bits per heavy atom. The summed E-state index contributed by atoms with van der Waals surface area (Å²) in [5.74, 6) is 1.22. The van der Waals surface area contributed by atoms with Gasteiger partial charge in [0.25, 0.3) is 0 Å². The largest absolute Gasteiger partial charge is 0.379 e. The Morgan fingerprint density at radius 3 is 1.50 bits per heavy atom. The van der Waals surface area contributed by atoms with Crippen LogP contribution in [0.5, 0.6) is 0 Å². The van der Waals surface area contributed by atoms with Crippen LogP contribution in [-0.4, -0.2) is 45.4 Å². The molecule has 0 atom stereocenters. The summed E-state index contributed by atoms with van der Waals surface area (Å²) in [5.41, 5.74) is 0. The number of ketones is 1. The second-order valence-corrected chi connectivity index (χ2v) is 8.57. The first-order valence-electron chi connectivity index (χ1n) is 11.8. The quantitative estimate of drug-likeness (QED) is 0.203. The van der Waals surface area contributed by atoms with Gasteiger partial charge in [0.2, 0.25) is 0 Å². The molecule has 0 aliphatic rings. The van der Waals surface area contributed by atoms with Crippen molar-refractivity contribution in [3.8, 4) is 0 Å². The third-order valence-electron chi connectivity index (χ3n) is 4.95. The highest BCUT2D eigenvalue weighted by atomic mass is 16.5. The number of ether oxygens (including phenoxy) is 3. The first-order chi connectivity index (χ1) is 13.5. The lowest BCUT2D eigenvalue weighted by Crippen LogP contribution is -2.13. The van der Waals surface area contributed by atoms with Crippen molar-refractivity contribution in [3.63, 3.8) is 0 Å². The van der Waals surface area contributed by atoms with Gasteiger partial charge in [-0.1, -0.05) is 85.5 Å². The molecule has 0 amide bonds. The van der Waals surface area contributed by atoms with Gasteiger partial charge in [-0.15, -0.1) is 0 Å². The normalized spacial score (nSPS) is 11.6. The van der Waals surface area contributed by atoms with Crippen LogP contribution in [0.1, 0.15) is 98.3 Å². The molecule has 0 rings (SSSR count). The molecule has 168 valence electrons. The van der Waals surface area contributed by atoms with E-state index in [0.29, 0.717) is 39.5 Å². The monoisotopic (exact) mass is 400 g/mol. The zero-order chi connectivity index (χ0) is 20.9. The molecule has 0 saturated carbocycles. The van der Waals surface area contributed by atoms with Gasteiger partial charge in [-0.2, -0.15) is 0 Å². The lowest BCUT2D eigenvalue weighted by atomic mass is 10.0. The van der Waals surface area contributed by atoms with Crippen molar-refractivity contribution in [1.29, 1.82) is 0 Å². The molecule has 0 spiro atoms. The number of unbranched alkanes of at least 4 members (excludes halogenated alkanes) is 8. The van der Waals surface area contributed by atoms with E-state index in [1.165, 1.54) is 57.8 Å². The Hall–Kier alpha value is -0.450. The minimum atomic E-state index is 0.0985. The number of hydrogen-bond acceptors (Lipinski definition) is 4. The van der Waals surface area contributed by atoms with Crippen LogP contribution in [0.2, 0.25) is 0 Å². The lowest BCUT2D eigenvalue weighted by Gasteiger charge is -2.07. The van der Waals surface area contributed by atoms with Crippen LogP contribution in [0.15, 0.2) is 0 Å². The Balaban J connectivity index is 3.06. The topological polar surface area (TPSA) is 44.8 Å². The zero-order valence-corrected chi connectivity index (χ0v) is 19.3. The maximum atomic E-state index is 11.4. The highest BCUT2D eigenvalue weighted by Crippen LogP contribution is 2.13. The molecule has 4 heteroatoms. The van der Waals surface area contributed by atoms with Crippen LogP contribution in [0, 0.1) is 11.8 Å². The van der Waals surface area contributed by atoms with Crippen molar-refractivity contribution in [2.45, 2.75) is 98.3 Å². The van der Waals surface area contributed by atoms with Gasteiger partial charge in [0.05, 0.1) is 33.0 Å². The van der Waals surface area contributed by atoms with E-state index in [1.54, 1.807) is 0 Å². The average molecular weight is 401 g/mol. The SMILES string of the molecule is CC(C)CCCCCCCCCCCOCCOCCOCCC(=O)C(C)C. The fourth-order valence-corrected chi connectivity index (χ4v) is 3.00. The van der Waals surface area contributed by atoms with Gasteiger partial charge in [0.1, 0.15) is 5.78 Å². The predicted octanol–water partition coefficient (Wildman–Crippen LogP) is 6.21. The van der Waals surface area contributed by atoms with E-state index in [9.17, 15) is 4.79 Å². The van der Waals surface area contributed by atoms with Crippen LogP contribution in [-0.2, 0) is 19.0 Å². The molecule has 0 saturated heterocycles. The first-order valence-corrected chi connectivity index (χ1v) is 11.8. The number of carbonyl (C=O) groups is 1. The number of rotatable bonds is 22. The molecule has 0 aromatic heterocycles. The van der Waals surface area contributed by atoms with Crippen LogP contribution < -0.4 is 0 Å². The molecule has 4 nitrogen and oxygen atoms in total. The number of hydrogen-bond donors (Lipinski definition) is 0. The van der Waals surface area contributed by atoms with Gasteiger partial charge in [-0.25, -0.2) is 0 Å². The number of Topliss-reactive ketones (excluding diaryl/α,β-unsaturated/α-hetero) is 1. The first kappa shape index (κ1) is 27.5. The van der Waals surface area contributed by atoms with Crippen LogP contribution in [0.3, 0.4) is 0 Å². The van der Waals surface area contributed by atoms with Crippen molar-refractivity contribution in [1.82, 2.24) is 0 Å². The van der Waals surface area contributed by atoms with E-state index in [1.807, 2.05) is 13.8 Å². The van der Waals surface area contributed by atoms with Gasteiger partial charge >= 0.3 is 0 Å². The van der Waals surface area contributed by atoms with Crippen LogP contribution in [0.4, 0.5) is 0 Å². The molecule has 0 heterocycles. The van der Waals surface area contributed by atoms with Gasteiger partial charge in [-0.3, -0.25) is 4.79 Å². The van der Waals surface area contributed by atoms with Gasteiger partial charge in [0, 0.05) is 18.9 Å². The molecule has 0 aliphatic heterocycles. The molecule has 0 aliphatic carbocycles. The summed E-state index contributed by atoms with van der Waals surface area (Å²) in [6.07, 6.45) is 14.1. The molecule has 0 radical (unpaired) electrons. The summed E-state index contributed by atoms with van der Waals surface area (Å²) in [7, 11) is 0. The van der Waals surface area contributed by atoms with E-state index in [2.05, 4.69) is 13.8 Å². The molecular formula is C24H48O4. The van der Waals surface area contributed by atoms with Crippen molar-refractivity contribution < 1.29 is 19.0 Å². The van der Waals surface area contributed by atoms with Crippen LogP contribution in [0.25, 0.3) is 0 Å². The minimum absolute atomic E-state index is 0.0985. The molecule has 0 aromatic carbocycles. The summed E-state index contributed by atoms with van der Waals surface area (Å²) in [4.78, 5) is 11.4. The third kappa shape index (κ3) is 21.8. The molecule has 0 bridgehead atoms. The maximum absolute atomic E-state index is 11.4. The second kappa shape index (κ2) is 21.3. The Labute approximate surface area is 175 Å². The smallest absolute Gasteiger partial charge is 0.137 e. The molecule has 0 fully saturated rings. The molecule has 28 heavy (non-hydrogen) atoms. The molecule has 0 aromatic rings. The van der Waals surface area contributed by atoms with Crippen molar-refractivity contribution >= 4 is 5.78 Å². The summed E-state index contributed by atoms with van der Waals surface area (Å²) in [6.45, 7) is 12.2. The fourth-order valence-electron chi connectivity index (χ4n) is 3.00. The number of carbonyl (C=O) groups excluding carboxylic acids is 1. The highest BCUT2D eigenvalue weighted by molar-refractivity contribution is 5.80. The van der Waals surface area contributed by atoms with Gasteiger partial charge < -0.3 is 14.2 Å². The third-order valence-corrected chi connectivity index (χ3v) is 4.95. The van der Waals surface area contributed by atoms with Crippen molar-refractivity contribution in [2.75, 3.05) is 39.6 Å². The highest BCUT2D eigenvalue weighted by Gasteiger charge is 2.06. The van der Waals surface area contributed by atoms with Crippen molar-refractivity contribution in [2.24, 2.45) is 11.8 Å². The second-order valence-electron chi connectivity index (χ2n) is 8.57. The van der Waals surface area contributed by atoms with E-state index in [4.69, 9.17) is 14.2 Å². The molecular weight excluding hydrogens is 352 g/mol. The Bertz CT molecular complexity index is 329. The van der Waals surface area contributed by atoms with E-state index in [0.717, 1.165) is 18.9 Å². The summed E-state index contributed by atoms with van der Waals surface area (Å²) >= 11 is 0. The average Bonchev–Trinajstić information content (AvgIpc) is 2.65. The zero-order valence-electron chi connectivity index (χ0n) is 19.3. The molecule has 0 unspecified atom stereocenters. The standard InChI is InChI=1S/C24H48O4/c1-22(2)14-12-10-8-6-5-7-9-11-13-16-26-18-20-28-21-19-27-17-15-24(25)23(3)4/h22-23H,5-21H2,1-4H3. The Kier molecular flexibility index (Phi) is 20.9. The summed E-state index contributed by atoms with van der Waals surface area (Å²) < 4.78 is 16.5. The summed E-state index contributed by atoms with van der Waals surface area (Å²) in [6, 6.07) is 0. The maximum Gasteiger partial charge on any atom is 0.137 e. The van der Waals surface area contributed by atoms with Crippen molar-refractivity contribution in [3.05, 3.63) is 0 Å². The van der Waals surface area contributed by atoms with Gasteiger partial charge in [0.15, 0.2) is 0 Å². The Morgan fingerprint density at radius 1 is 0.571 bits per heavy atom. The van der Waals surface area contributed by atoms with Gasteiger partial charge in [-0.05, 0) is 12.3 Å². The lowest BCUT2D eigenvalue weighted by molar-refractivity contribution is -0.123. The summed E-state index contributed by atoms with van der Waals surface area (Å²) in [5, 5.41) is 0. The fraction of sp³-hybridized carbons (Fsp3) is 0.958. The van der Waals surface area contributed by atoms with E-state index in [-0.39, 0.29) is 11.7 Å². The minimum Gasteiger partial charge on any atom is -0.379 e. The van der Waals surface area contributed by atoms with E-state index < -0.39 is 0 Å². The van der Waals surface area contributed by atoms with Crippen LogP contribution >= 0.6 is 0 Å². The predicted molar refractivity (Wildman–Crippen MR) is 118 cm³/mol. The van der Waals surface area contributed by atoms with E-state index >= 15 is 0 Å².